The summed E-state index contributed by atoms with van der Waals surface area (Å²) in [6.07, 6.45) is 2.06. The molecule has 1 fully saturated rings. The second kappa shape index (κ2) is 7.92. The monoisotopic (exact) mass is 310 g/mol. The number of rotatable bonds is 6. The molecule has 0 radical (unpaired) electrons. The molecule has 1 aliphatic heterocycles. The van der Waals surface area contributed by atoms with Gasteiger partial charge in [-0.3, -0.25) is 9.69 Å². The Labute approximate surface area is 131 Å². The minimum atomic E-state index is 0.198. The van der Waals surface area contributed by atoms with Gasteiger partial charge in [-0.05, 0) is 38.1 Å². The molecule has 118 valence electrons. The first-order valence-corrected chi connectivity index (χ1v) is 8.55. The third-order valence-electron chi connectivity index (χ3n) is 4.04. The maximum absolute atomic E-state index is 12.5. The van der Waals surface area contributed by atoms with Crippen molar-refractivity contribution in [2.24, 2.45) is 0 Å². The van der Waals surface area contributed by atoms with Crippen LogP contribution in [-0.4, -0.2) is 54.6 Å². The molecule has 1 aromatic rings. The fourth-order valence-electron chi connectivity index (χ4n) is 2.75. The van der Waals surface area contributed by atoms with Crippen LogP contribution in [0.25, 0.3) is 0 Å². The summed E-state index contributed by atoms with van der Waals surface area (Å²) >= 11 is 1.70. The molecule has 0 atom stereocenters. The zero-order valence-electron chi connectivity index (χ0n) is 13.2. The van der Waals surface area contributed by atoms with Gasteiger partial charge in [-0.15, -0.1) is 11.3 Å². The van der Waals surface area contributed by atoms with E-state index in [-0.39, 0.29) is 5.91 Å². The van der Waals surface area contributed by atoms with Crippen LogP contribution in [0.15, 0.2) is 17.5 Å². The van der Waals surface area contributed by atoms with Gasteiger partial charge in [0.2, 0.25) is 5.91 Å². The highest BCUT2D eigenvalue weighted by atomic mass is 32.1. The van der Waals surface area contributed by atoms with Gasteiger partial charge in [0.15, 0.2) is 0 Å². The molecule has 0 spiro atoms. The molecule has 0 N–H and O–H groups in total. The Morgan fingerprint density at radius 2 is 2.14 bits per heavy atom. The molecular formula is C16H26N2O2S. The van der Waals surface area contributed by atoms with E-state index < -0.39 is 0 Å². The number of thiophene rings is 1. The maximum atomic E-state index is 12.5. The van der Waals surface area contributed by atoms with E-state index in [9.17, 15) is 4.79 Å². The van der Waals surface area contributed by atoms with E-state index in [0.717, 1.165) is 26.1 Å². The summed E-state index contributed by atoms with van der Waals surface area (Å²) in [5.41, 5.74) is 0. The highest BCUT2D eigenvalue weighted by Crippen LogP contribution is 2.18. The van der Waals surface area contributed by atoms with Crippen LogP contribution >= 0.6 is 11.3 Å². The number of hydrogen-bond donors (Lipinski definition) is 0. The first-order chi connectivity index (χ1) is 10.1. The molecule has 2 rings (SSSR count). The molecule has 21 heavy (non-hydrogen) atoms. The van der Waals surface area contributed by atoms with Crippen molar-refractivity contribution < 1.29 is 9.53 Å². The van der Waals surface area contributed by atoms with E-state index in [4.69, 9.17) is 4.74 Å². The van der Waals surface area contributed by atoms with Crippen LogP contribution in [0.1, 0.15) is 31.6 Å². The zero-order valence-corrected chi connectivity index (χ0v) is 14.1. The molecule has 1 amide bonds. The van der Waals surface area contributed by atoms with Crippen LogP contribution in [0.5, 0.6) is 0 Å². The molecule has 1 aromatic heterocycles. The van der Waals surface area contributed by atoms with E-state index in [1.807, 2.05) is 18.0 Å². The molecule has 5 heteroatoms. The highest BCUT2D eigenvalue weighted by molar-refractivity contribution is 7.09. The molecule has 0 aliphatic carbocycles. The minimum Gasteiger partial charge on any atom is -0.381 e. The van der Waals surface area contributed by atoms with E-state index in [1.165, 1.54) is 4.88 Å². The van der Waals surface area contributed by atoms with Gasteiger partial charge in [0.1, 0.15) is 0 Å². The highest BCUT2D eigenvalue weighted by Gasteiger charge is 2.26. The number of ether oxygens (including phenoxy) is 1. The number of carbonyl (C=O) groups excluding carboxylic acids is 1. The molecule has 0 unspecified atom stereocenters. The topological polar surface area (TPSA) is 32.8 Å². The van der Waals surface area contributed by atoms with Gasteiger partial charge in [0.05, 0.1) is 13.1 Å². The van der Waals surface area contributed by atoms with Crippen LogP contribution in [0.4, 0.5) is 0 Å². The lowest BCUT2D eigenvalue weighted by Gasteiger charge is -2.37. The van der Waals surface area contributed by atoms with Gasteiger partial charge in [0, 0.05) is 37.2 Å². The Bertz CT molecular complexity index is 427. The van der Waals surface area contributed by atoms with Gasteiger partial charge >= 0.3 is 0 Å². The molecule has 0 saturated carbocycles. The SMILES string of the molecule is CC(C)N(CC(=O)N(C)Cc1cccs1)C1CCOCC1. The predicted molar refractivity (Wildman–Crippen MR) is 86.5 cm³/mol. The van der Waals surface area contributed by atoms with Crippen LogP contribution in [0.2, 0.25) is 0 Å². The van der Waals surface area contributed by atoms with Crippen molar-refractivity contribution in [3.8, 4) is 0 Å². The Balaban J connectivity index is 1.90. The van der Waals surface area contributed by atoms with Crippen molar-refractivity contribution in [3.63, 3.8) is 0 Å². The molecule has 1 saturated heterocycles. The summed E-state index contributed by atoms with van der Waals surface area (Å²) in [6, 6.07) is 4.96. The van der Waals surface area contributed by atoms with Gasteiger partial charge in [-0.1, -0.05) is 6.07 Å². The van der Waals surface area contributed by atoms with Crippen LogP contribution in [0.3, 0.4) is 0 Å². The standard InChI is InChI=1S/C16H26N2O2S/c1-13(2)18(14-6-8-20-9-7-14)12-16(19)17(3)11-15-5-4-10-21-15/h4-5,10,13-14H,6-9,11-12H2,1-3H3. The van der Waals surface area contributed by atoms with Crippen molar-refractivity contribution >= 4 is 17.2 Å². The summed E-state index contributed by atoms with van der Waals surface area (Å²) < 4.78 is 5.43. The number of likely N-dealkylation sites (N-methyl/N-ethyl adjacent to an activating group) is 1. The third-order valence-corrected chi connectivity index (χ3v) is 4.90. The lowest BCUT2D eigenvalue weighted by Crippen LogP contribution is -2.48. The smallest absolute Gasteiger partial charge is 0.236 e. The quantitative estimate of drug-likeness (QED) is 0.809. The second-order valence-electron chi connectivity index (χ2n) is 5.94. The van der Waals surface area contributed by atoms with Gasteiger partial charge in [0.25, 0.3) is 0 Å². The van der Waals surface area contributed by atoms with Crippen molar-refractivity contribution in [2.75, 3.05) is 26.8 Å². The molecule has 4 nitrogen and oxygen atoms in total. The largest absolute Gasteiger partial charge is 0.381 e. The summed E-state index contributed by atoms with van der Waals surface area (Å²) in [6.45, 7) is 7.17. The molecular weight excluding hydrogens is 284 g/mol. The van der Waals surface area contributed by atoms with Crippen molar-refractivity contribution in [2.45, 2.75) is 45.3 Å². The number of nitrogens with zero attached hydrogens (tertiary/aromatic N) is 2. The molecule has 0 bridgehead atoms. The summed E-state index contributed by atoms with van der Waals surface area (Å²) in [5.74, 6) is 0.198. The van der Waals surface area contributed by atoms with Gasteiger partial charge in [-0.25, -0.2) is 0 Å². The first-order valence-electron chi connectivity index (χ1n) is 7.67. The number of amides is 1. The summed E-state index contributed by atoms with van der Waals surface area (Å²) in [7, 11) is 1.89. The maximum Gasteiger partial charge on any atom is 0.236 e. The van der Waals surface area contributed by atoms with Crippen LogP contribution < -0.4 is 0 Å². The van der Waals surface area contributed by atoms with E-state index in [0.29, 0.717) is 25.2 Å². The summed E-state index contributed by atoms with van der Waals surface area (Å²) in [4.78, 5) is 17.9. The Kier molecular flexibility index (Phi) is 6.21. The normalized spacial score (nSPS) is 16.6. The van der Waals surface area contributed by atoms with Crippen molar-refractivity contribution in [1.29, 1.82) is 0 Å². The third kappa shape index (κ3) is 4.80. The van der Waals surface area contributed by atoms with Gasteiger partial charge in [-0.2, -0.15) is 0 Å². The van der Waals surface area contributed by atoms with Crippen molar-refractivity contribution in [3.05, 3.63) is 22.4 Å². The lowest BCUT2D eigenvalue weighted by molar-refractivity contribution is -0.133. The number of hydrogen-bond acceptors (Lipinski definition) is 4. The molecule has 1 aliphatic rings. The molecule has 0 aromatic carbocycles. The Hall–Kier alpha value is -0.910. The average Bonchev–Trinajstić information content (AvgIpc) is 2.98. The van der Waals surface area contributed by atoms with E-state index >= 15 is 0 Å². The summed E-state index contributed by atoms with van der Waals surface area (Å²) in [5, 5.41) is 2.05. The first kappa shape index (κ1) is 16.5. The average molecular weight is 310 g/mol. The predicted octanol–water partition coefficient (Wildman–Crippen LogP) is 2.60. The van der Waals surface area contributed by atoms with Gasteiger partial charge < -0.3 is 9.64 Å². The van der Waals surface area contributed by atoms with Crippen molar-refractivity contribution in [1.82, 2.24) is 9.80 Å². The minimum absolute atomic E-state index is 0.198. The fraction of sp³-hybridized carbons (Fsp3) is 0.688. The van der Waals surface area contributed by atoms with Crippen LogP contribution in [0, 0.1) is 0 Å². The number of carbonyl (C=O) groups is 1. The van der Waals surface area contributed by atoms with Crippen LogP contribution in [-0.2, 0) is 16.1 Å². The Morgan fingerprint density at radius 1 is 1.43 bits per heavy atom. The molecule has 2 heterocycles. The van der Waals surface area contributed by atoms with E-state index in [1.54, 1.807) is 11.3 Å². The second-order valence-corrected chi connectivity index (χ2v) is 6.97. The lowest BCUT2D eigenvalue weighted by atomic mass is 10.1. The zero-order chi connectivity index (χ0) is 15.2. The fourth-order valence-corrected chi connectivity index (χ4v) is 3.51. The van der Waals surface area contributed by atoms with E-state index in [2.05, 4.69) is 30.2 Å². The Morgan fingerprint density at radius 3 is 2.71 bits per heavy atom.